The lowest BCUT2D eigenvalue weighted by molar-refractivity contribution is 0.0939. The van der Waals surface area contributed by atoms with Crippen LogP contribution in [0.5, 0.6) is 0 Å². The molecule has 0 aliphatic carbocycles. The Morgan fingerprint density at radius 3 is 2.19 bits per heavy atom. The molecule has 1 amide bonds. The Kier molecular flexibility index (Phi) is 6.94. The average molecular weight is 375 g/mol. The molecule has 140 valence electrons. The van der Waals surface area contributed by atoms with Gasteiger partial charge in [0.15, 0.2) is 0 Å². The van der Waals surface area contributed by atoms with Gasteiger partial charge in [0.05, 0.1) is 4.90 Å². The van der Waals surface area contributed by atoms with Crippen molar-refractivity contribution >= 4 is 15.9 Å². The first-order valence-electron chi connectivity index (χ1n) is 8.83. The molecular formula is C20H26N2O3S. The lowest BCUT2D eigenvalue weighted by atomic mass is 10.1. The molecule has 5 nitrogen and oxygen atoms in total. The fourth-order valence-corrected chi connectivity index (χ4v) is 3.94. The van der Waals surface area contributed by atoms with Gasteiger partial charge in [-0.2, -0.15) is 4.31 Å². The number of hydrogen-bond donors (Lipinski definition) is 1. The number of sulfonamides is 1. The normalized spacial score (nSPS) is 12.8. The summed E-state index contributed by atoms with van der Waals surface area (Å²) in [7, 11) is -3.54. The first kappa shape index (κ1) is 20.1. The predicted molar refractivity (Wildman–Crippen MR) is 103 cm³/mol. The van der Waals surface area contributed by atoms with Crippen LogP contribution in [0.3, 0.4) is 0 Å². The molecule has 0 aliphatic heterocycles. The molecule has 0 saturated carbocycles. The van der Waals surface area contributed by atoms with Crippen LogP contribution in [-0.4, -0.2) is 31.2 Å². The fraction of sp³-hybridized carbons (Fsp3) is 0.350. The highest BCUT2D eigenvalue weighted by molar-refractivity contribution is 7.89. The van der Waals surface area contributed by atoms with Gasteiger partial charge in [-0.3, -0.25) is 4.79 Å². The van der Waals surface area contributed by atoms with E-state index in [0.29, 0.717) is 12.1 Å². The maximum atomic E-state index is 12.8. The first-order valence-corrected chi connectivity index (χ1v) is 10.3. The third kappa shape index (κ3) is 4.93. The number of carbonyl (C=O) groups is 1. The van der Waals surface area contributed by atoms with Gasteiger partial charge >= 0.3 is 0 Å². The van der Waals surface area contributed by atoms with Gasteiger partial charge in [-0.1, -0.05) is 44.2 Å². The summed E-state index contributed by atoms with van der Waals surface area (Å²) in [6, 6.07) is 15.6. The summed E-state index contributed by atoms with van der Waals surface area (Å²) in [5.74, 6) is -0.116. The largest absolute Gasteiger partial charge is 0.350 e. The van der Waals surface area contributed by atoms with Gasteiger partial charge in [-0.15, -0.1) is 0 Å². The van der Waals surface area contributed by atoms with Crippen molar-refractivity contribution in [1.29, 1.82) is 0 Å². The van der Waals surface area contributed by atoms with E-state index in [2.05, 4.69) is 5.32 Å². The zero-order chi connectivity index (χ0) is 19.2. The van der Waals surface area contributed by atoms with E-state index in [4.69, 9.17) is 0 Å². The second kappa shape index (κ2) is 8.96. The van der Waals surface area contributed by atoms with E-state index in [0.717, 1.165) is 12.0 Å². The molecule has 2 rings (SSSR count). The first-order chi connectivity index (χ1) is 12.4. The zero-order valence-electron chi connectivity index (χ0n) is 15.5. The summed E-state index contributed by atoms with van der Waals surface area (Å²) in [5.41, 5.74) is 1.41. The average Bonchev–Trinajstić information content (AvgIpc) is 2.66. The van der Waals surface area contributed by atoms with E-state index in [9.17, 15) is 13.2 Å². The molecule has 0 aliphatic rings. The number of nitrogens with one attached hydrogen (secondary N) is 1. The Hall–Kier alpha value is -2.18. The molecule has 2 aromatic carbocycles. The molecular weight excluding hydrogens is 348 g/mol. The molecule has 0 fully saturated rings. The second-order valence-electron chi connectivity index (χ2n) is 6.22. The summed E-state index contributed by atoms with van der Waals surface area (Å²) in [4.78, 5) is 12.4. The molecule has 0 unspecified atom stereocenters. The summed E-state index contributed by atoms with van der Waals surface area (Å²) in [5, 5.41) is 2.92. The van der Waals surface area contributed by atoms with Crippen molar-refractivity contribution < 1.29 is 13.2 Å². The van der Waals surface area contributed by atoms with Crippen LogP contribution in [0.2, 0.25) is 0 Å². The quantitative estimate of drug-likeness (QED) is 0.770. The third-order valence-electron chi connectivity index (χ3n) is 4.30. The molecule has 0 spiro atoms. The molecule has 0 aromatic heterocycles. The van der Waals surface area contributed by atoms with Crippen molar-refractivity contribution in [3.05, 3.63) is 65.7 Å². The molecule has 0 radical (unpaired) electrons. The van der Waals surface area contributed by atoms with Crippen LogP contribution in [0, 0.1) is 0 Å². The van der Waals surface area contributed by atoms with Crippen molar-refractivity contribution in [2.45, 2.75) is 44.7 Å². The molecule has 2 aromatic rings. The van der Waals surface area contributed by atoms with Crippen LogP contribution in [0.25, 0.3) is 0 Å². The summed E-state index contributed by atoms with van der Waals surface area (Å²) < 4.78 is 26.9. The summed E-state index contributed by atoms with van der Waals surface area (Å²) in [6.45, 7) is 6.42. The van der Waals surface area contributed by atoms with E-state index < -0.39 is 10.0 Å². The minimum absolute atomic E-state index is 0.116. The van der Waals surface area contributed by atoms with Crippen molar-refractivity contribution in [1.82, 2.24) is 9.62 Å². The van der Waals surface area contributed by atoms with Gasteiger partial charge < -0.3 is 5.32 Å². The van der Waals surface area contributed by atoms with Crippen molar-refractivity contribution in [3.8, 4) is 0 Å². The zero-order valence-corrected chi connectivity index (χ0v) is 16.3. The van der Waals surface area contributed by atoms with E-state index in [1.54, 1.807) is 54.6 Å². The van der Waals surface area contributed by atoms with Crippen molar-refractivity contribution in [2.24, 2.45) is 0 Å². The van der Waals surface area contributed by atoms with E-state index in [1.807, 2.05) is 20.8 Å². The monoisotopic (exact) mass is 374 g/mol. The van der Waals surface area contributed by atoms with Crippen LogP contribution in [0.1, 0.15) is 43.1 Å². The number of benzene rings is 2. The van der Waals surface area contributed by atoms with Gasteiger partial charge in [-0.05, 0) is 43.2 Å². The summed E-state index contributed by atoms with van der Waals surface area (Å²) in [6.07, 6.45) is 0.868. The highest BCUT2D eigenvalue weighted by Gasteiger charge is 2.22. The molecule has 0 bridgehead atoms. The molecule has 6 heteroatoms. The lowest BCUT2D eigenvalue weighted by Gasteiger charge is -2.20. The van der Waals surface area contributed by atoms with E-state index in [1.165, 1.54) is 4.31 Å². The standard InChI is InChI=1S/C20H26N2O3S/c1-4-16(3)21-20(23)18-13-11-17(12-14-18)15-22(5-2)26(24,25)19-9-7-6-8-10-19/h6-14,16H,4-5,15H2,1-3H3,(H,21,23)/t16-/m0/s1. The minimum Gasteiger partial charge on any atom is -0.350 e. The Morgan fingerprint density at radius 2 is 1.65 bits per heavy atom. The molecule has 0 heterocycles. The maximum absolute atomic E-state index is 12.8. The molecule has 0 saturated heterocycles. The highest BCUT2D eigenvalue weighted by atomic mass is 32.2. The second-order valence-corrected chi connectivity index (χ2v) is 8.16. The number of carbonyl (C=O) groups excluding carboxylic acids is 1. The van der Waals surface area contributed by atoms with Crippen LogP contribution < -0.4 is 5.32 Å². The lowest BCUT2D eigenvalue weighted by Crippen LogP contribution is -2.32. The van der Waals surface area contributed by atoms with Gasteiger partial charge in [0, 0.05) is 24.7 Å². The Bertz CT molecular complexity index is 818. The van der Waals surface area contributed by atoms with Gasteiger partial charge in [0.25, 0.3) is 5.91 Å². The highest BCUT2D eigenvalue weighted by Crippen LogP contribution is 2.18. The SMILES string of the molecule is CC[C@H](C)NC(=O)c1ccc(CN(CC)S(=O)(=O)c2ccccc2)cc1. The number of amides is 1. The van der Waals surface area contributed by atoms with Crippen LogP contribution >= 0.6 is 0 Å². The van der Waals surface area contributed by atoms with Crippen molar-refractivity contribution in [2.75, 3.05) is 6.54 Å². The predicted octanol–water partition coefficient (Wildman–Crippen LogP) is 3.43. The molecule has 26 heavy (non-hydrogen) atoms. The maximum Gasteiger partial charge on any atom is 0.251 e. The Morgan fingerprint density at radius 1 is 1.04 bits per heavy atom. The topological polar surface area (TPSA) is 66.5 Å². The van der Waals surface area contributed by atoms with Gasteiger partial charge in [0.1, 0.15) is 0 Å². The Labute approximate surface area is 156 Å². The minimum atomic E-state index is -3.54. The van der Waals surface area contributed by atoms with Crippen LogP contribution in [0.4, 0.5) is 0 Å². The van der Waals surface area contributed by atoms with E-state index in [-0.39, 0.29) is 23.4 Å². The number of nitrogens with zero attached hydrogens (tertiary/aromatic N) is 1. The Balaban J connectivity index is 2.13. The molecule has 1 atom stereocenters. The number of hydrogen-bond acceptors (Lipinski definition) is 3. The smallest absolute Gasteiger partial charge is 0.251 e. The van der Waals surface area contributed by atoms with Crippen LogP contribution in [-0.2, 0) is 16.6 Å². The summed E-state index contributed by atoms with van der Waals surface area (Å²) >= 11 is 0. The van der Waals surface area contributed by atoms with E-state index >= 15 is 0 Å². The van der Waals surface area contributed by atoms with Gasteiger partial charge in [-0.25, -0.2) is 8.42 Å². The van der Waals surface area contributed by atoms with Gasteiger partial charge in [0.2, 0.25) is 10.0 Å². The third-order valence-corrected chi connectivity index (χ3v) is 6.23. The number of rotatable bonds is 8. The van der Waals surface area contributed by atoms with Crippen molar-refractivity contribution in [3.63, 3.8) is 0 Å². The molecule has 1 N–H and O–H groups in total. The van der Waals surface area contributed by atoms with Crippen LogP contribution in [0.15, 0.2) is 59.5 Å². The fourth-order valence-electron chi connectivity index (χ4n) is 2.48.